The molecule has 168 valence electrons. The van der Waals surface area contributed by atoms with E-state index in [1.807, 2.05) is 32.0 Å². The van der Waals surface area contributed by atoms with Crippen LogP contribution in [0.25, 0.3) is 0 Å². The van der Waals surface area contributed by atoms with Crippen LogP contribution in [-0.4, -0.2) is 36.7 Å². The third-order valence-corrected chi connectivity index (χ3v) is 5.08. The van der Waals surface area contributed by atoms with Gasteiger partial charge in [-0.25, -0.2) is 4.79 Å². The van der Waals surface area contributed by atoms with Crippen molar-refractivity contribution in [3.05, 3.63) is 101 Å². The number of esters is 1. The van der Waals surface area contributed by atoms with Crippen LogP contribution in [0.15, 0.2) is 72.8 Å². The van der Waals surface area contributed by atoms with Crippen LogP contribution in [0.4, 0.5) is 5.69 Å². The number of hydrogen-bond donors (Lipinski definition) is 2. The second kappa shape index (κ2) is 10.9. The molecule has 3 aromatic rings. The Morgan fingerprint density at radius 1 is 0.727 bits per heavy atom. The van der Waals surface area contributed by atoms with Crippen LogP contribution in [0.5, 0.6) is 0 Å². The molecule has 7 heteroatoms. The maximum absolute atomic E-state index is 12.4. The van der Waals surface area contributed by atoms with Gasteiger partial charge >= 0.3 is 5.97 Å². The predicted octanol–water partition coefficient (Wildman–Crippen LogP) is 3.45. The van der Waals surface area contributed by atoms with E-state index in [1.54, 1.807) is 30.3 Å². The van der Waals surface area contributed by atoms with Crippen LogP contribution < -0.4 is 10.6 Å². The van der Waals surface area contributed by atoms with Gasteiger partial charge < -0.3 is 15.4 Å². The molecule has 0 fully saturated rings. The summed E-state index contributed by atoms with van der Waals surface area (Å²) in [6, 6.07) is 20.3. The van der Waals surface area contributed by atoms with Crippen LogP contribution in [0.3, 0.4) is 0 Å². The molecule has 0 aromatic heterocycles. The third kappa shape index (κ3) is 6.36. The van der Waals surface area contributed by atoms with E-state index < -0.39 is 18.5 Å². The average molecular weight is 444 g/mol. The molecule has 2 amide bonds. The lowest BCUT2D eigenvalue weighted by Crippen LogP contribution is -2.35. The molecular weight excluding hydrogens is 420 g/mol. The second-order valence-electron chi connectivity index (χ2n) is 7.42. The van der Waals surface area contributed by atoms with E-state index in [4.69, 9.17) is 4.74 Å². The van der Waals surface area contributed by atoms with Gasteiger partial charge in [0.05, 0.1) is 12.1 Å². The molecule has 0 aliphatic heterocycles. The van der Waals surface area contributed by atoms with Crippen molar-refractivity contribution in [2.45, 2.75) is 13.8 Å². The summed E-state index contributed by atoms with van der Waals surface area (Å²) in [4.78, 5) is 48.6. The summed E-state index contributed by atoms with van der Waals surface area (Å²) in [6.45, 7) is 3.06. The molecule has 33 heavy (non-hydrogen) atoms. The molecule has 0 radical (unpaired) electrons. The molecule has 0 unspecified atom stereocenters. The lowest BCUT2D eigenvalue weighted by atomic mass is 10.0. The molecule has 0 heterocycles. The molecule has 3 rings (SSSR count). The highest BCUT2D eigenvalue weighted by atomic mass is 16.5. The Balaban J connectivity index is 1.45. The number of aryl methyl sites for hydroxylation is 1. The summed E-state index contributed by atoms with van der Waals surface area (Å²) in [6.07, 6.45) is 0. The highest BCUT2D eigenvalue weighted by molar-refractivity contribution is 6.09. The molecule has 0 bridgehead atoms. The minimum absolute atomic E-state index is 0.158. The molecule has 7 nitrogen and oxygen atoms in total. The highest BCUT2D eigenvalue weighted by Crippen LogP contribution is 2.17. The fourth-order valence-electron chi connectivity index (χ4n) is 3.04. The highest BCUT2D eigenvalue weighted by Gasteiger charge is 2.14. The average Bonchev–Trinajstić information content (AvgIpc) is 2.84. The van der Waals surface area contributed by atoms with Gasteiger partial charge in [-0.3, -0.25) is 14.4 Å². The zero-order valence-electron chi connectivity index (χ0n) is 18.4. The van der Waals surface area contributed by atoms with Gasteiger partial charge in [-0.2, -0.15) is 0 Å². The Kier molecular flexibility index (Phi) is 7.70. The predicted molar refractivity (Wildman–Crippen MR) is 124 cm³/mol. The van der Waals surface area contributed by atoms with Crippen molar-refractivity contribution in [1.29, 1.82) is 0 Å². The topological polar surface area (TPSA) is 102 Å². The van der Waals surface area contributed by atoms with Gasteiger partial charge in [-0.1, -0.05) is 54.6 Å². The Hall–Kier alpha value is -4.26. The quantitative estimate of drug-likeness (QED) is 0.409. The van der Waals surface area contributed by atoms with E-state index in [2.05, 4.69) is 10.6 Å². The number of benzene rings is 3. The van der Waals surface area contributed by atoms with Crippen LogP contribution >= 0.6 is 0 Å². The Morgan fingerprint density at radius 3 is 2.06 bits per heavy atom. The van der Waals surface area contributed by atoms with Gasteiger partial charge in [0, 0.05) is 16.8 Å². The summed E-state index contributed by atoms with van der Waals surface area (Å²) >= 11 is 0. The number of ketones is 1. The minimum Gasteiger partial charge on any atom is -0.452 e. The fraction of sp³-hybridized carbons (Fsp3) is 0.154. The molecular formula is C26H24N2O5. The van der Waals surface area contributed by atoms with Crippen molar-refractivity contribution >= 4 is 29.3 Å². The van der Waals surface area contributed by atoms with E-state index in [0.29, 0.717) is 16.8 Å². The molecule has 0 spiro atoms. The second-order valence-corrected chi connectivity index (χ2v) is 7.42. The SMILES string of the molecule is Cc1cccc(NC(=O)CNC(=O)COC(=O)c2ccc(C(=O)c3ccccc3)cc2)c1C. The van der Waals surface area contributed by atoms with E-state index in [1.165, 1.54) is 24.3 Å². The smallest absolute Gasteiger partial charge is 0.338 e. The summed E-state index contributed by atoms with van der Waals surface area (Å²) in [7, 11) is 0. The van der Waals surface area contributed by atoms with Gasteiger partial charge in [-0.15, -0.1) is 0 Å². The summed E-state index contributed by atoms with van der Waals surface area (Å²) < 4.78 is 4.99. The van der Waals surface area contributed by atoms with Crippen molar-refractivity contribution < 1.29 is 23.9 Å². The van der Waals surface area contributed by atoms with Gasteiger partial charge in [-0.05, 0) is 43.2 Å². The van der Waals surface area contributed by atoms with Crippen LogP contribution in [0, 0.1) is 13.8 Å². The van der Waals surface area contributed by atoms with Crippen LogP contribution in [0.1, 0.15) is 37.4 Å². The number of carbonyl (C=O) groups is 4. The van der Waals surface area contributed by atoms with Crippen LogP contribution in [-0.2, 0) is 14.3 Å². The zero-order valence-corrected chi connectivity index (χ0v) is 18.4. The van der Waals surface area contributed by atoms with Gasteiger partial charge in [0.1, 0.15) is 0 Å². The van der Waals surface area contributed by atoms with Crippen molar-refractivity contribution in [2.75, 3.05) is 18.5 Å². The number of rotatable bonds is 8. The zero-order chi connectivity index (χ0) is 23.8. The first-order chi connectivity index (χ1) is 15.8. The first-order valence-corrected chi connectivity index (χ1v) is 10.3. The summed E-state index contributed by atoms with van der Waals surface area (Å²) in [5, 5.41) is 5.15. The number of anilines is 1. The van der Waals surface area contributed by atoms with Crippen molar-refractivity contribution in [3.63, 3.8) is 0 Å². The molecule has 0 aliphatic carbocycles. The molecule has 2 N–H and O–H groups in total. The molecule has 0 atom stereocenters. The first kappa shape index (κ1) is 23.4. The minimum atomic E-state index is -0.705. The number of ether oxygens (including phenoxy) is 1. The largest absolute Gasteiger partial charge is 0.452 e. The maximum atomic E-state index is 12.4. The van der Waals surface area contributed by atoms with Gasteiger partial charge in [0.2, 0.25) is 5.91 Å². The standard InChI is InChI=1S/C26H24N2O5/c1-17-7-6-10-22(18(17)2)28-23(29)15-27-24(30)16-33-26(32)21-13-11-20(12-14-21)25(31)19-8-4-3-5-9-19/h3-14H,15-16H2,1-2H3,(H,27,30)(H,28,29). The Morgan fingerprint density at radius 2 is 1.36 bits per heavy atom. The summed E-state index contributed by atoms with van der Waals surface area (Å²) in [5.74, 6) is -1.85. The number of hydrogen-bond acceptors (Lipinski definition) is 5. The number of amides is 2. The lowest BCUT2D eigenvalue weighted by molar-refractivity contribution is -0.126. The normalized spacial score (nSPS) is 10.2. The maximum Gasteiger partial charge on any atom is 0.338 e. The molecule has 3 aromatic carbocycles. The Bertz CT molecular complexity index is 1170. The fourth-order valence-corrected chi connectivity index (χ4v) is 3.04. The molecule has 0 saturated heterocycles. The van der Waals surface area contributed by atoms with E-state index in [-0.39, 0.29) is 23.8 Å². The van der Waals surface area contributed by atoms with Crippen molar-refractivity contribution in [3.8, 4) is 0 Å². The monoisotopic (exact) mass is 444 g/mol. The van der Waals surface area contributed by atoms with Crippen molar-refractivity contribution in [1.82, 2.24) is 5.32 Å². The van der Waals surface area contributed by atoms with E-state index in [0.717, 1.165) is 11.1 Å². The van der Waals surface area contributed by atoms with E-state index in [9.17, 15) is 19.2 Å². The van der Waals surface area contributed by atoms with Crippen LogP contribution in [0.2, 0.25) is 0 Å². The summed E-state index contributed by atoms with van der Waals surface area (Å²) in [5.41, 5.74) is 3.86. The van der Waals surface area contributed by atoms with Gasteiger partial charge in [0.25, 0.3) is 5.91 Å². The Labute approximate surface area is 191 Å². The van der Waals surface area contributed by atoms with Crippen molar-refractivity contribution in [2.24, 2.45) is 0 Å². The first-order valence-electron chi connectivity index (χ1n) is 10.3. The molecule has 0 saturated carbocycles. The number of nitrogens with one attached hydrogen (secondary N) is 2. The third-order valence-electron chi connectivity index (χ3n) is 5.08. The number of carbonyl (C=O) groups excluding carboxylic acids is 4. The van der Waals surface area contributed by atoms with E-state index >= 15 is 0 Å². The molecule has 0 aliphatic rings. The van der Waals surface area contributed by atoms with Gasteiger partial charge in [0.15, 0.2) is 12.4 Å². The lowest BCUT2D eigenvalue weighted by Gasteiger charge is -2.11.